The summed E-state index contributed by atoms with van der Waals surface area (Å²) >= 11 is 0. The molecule has 0 fully saturated rings. The lowest BCUT2D eigenvalue weighted by Crippen LogP contribution is -2.40. The van der Waals surface area contributed by atoms with E-state index in [1.807, 2.05) is 0 Å². The summed E-state index contributed by atoms with van der Waals surface area (Å²) in [7, 11) is 0. The van der Waals surface area contributed by atoms with E-state index < -0.39 is 11.9 Å². The van der Waals surface area contributed by atoms with Crippen LogP contribution in [0.15, 0.2) is 30.9 Å². The summed E-state index contributed by atoms with van der Waals surface area (Å²) in [5.41, 5.74) is 6.38. The molecule has 0 aromatic carbocycles. The number of hydrogen-bond acceptors (Lipinski definition) is 6. The molecule has 0 radical (unpaired) electrons. The molecule has 0 saturated carbocycles. The second-order valence-electron chi connectivity index (χ2n) is 3.95. The maximum atomic E-state index is 10.9. The molecule has 20 heavy (non-hydrogen) atoms. The Hall–Kier alpha value is -2.90. The number of rotatable bonds is 5. The molecule has 102 valence electrons. The van der Waals surface area contributed by atoms with Crippen molar-refractivity contribution in [1.29, 1.82) is 0 Å². The van der Waals surface area contributed by atoms with Gasteiger partial charge in [-0.25, -0.2) is 4.98 Å². The molecule has 0 aliphatic rings. The zero-order valence-electron chi connectivity index (χ0n) is 10.4. The monoisotopic (exact) mass is 273 g/mol. The molecule has 0 aliphatic carbocycles. The first kappa shape index (κ1) is 13.5. The number of nitrogens with two attached hydrogens (primary N) is 1. The molecule has 2 rings (SSSR count). The Kier molecular flexibility index (Phi) is 3.94. The van der Waals surface area contributed by atoms with Crippen molar-refractivity contribution in [2.75, 3.05) is 0 Å². The van der Waals surface area contributed by atoms with E-state index in [0.717, 1.165) is 0 Å². The third-order valence-electron chi connectivity index (χ3n) is 2.52. The highest BCUT2D eigenvalue weighted by Crippen LogP contribution is 2.12. The Labute approximate surface area is 113 Å². The first-order chi connectivity index (χ1) is 9.56. The quantitative estimate of drug-likeness (QED) is 0.632. The van der Waals surface area contributed by atoms with E-state index in [1.54, 1.807) is 12.3 Å². The number of carbonyl (C=O) groups excluding carboxylic acids is 2. The van der Waals surface area contributed by atoms with Gasteiger partial charge in [0.2, 0.25) is 0 Å². The second-order valence-corrected chi connectivity index (χ2v) is 3.95. The van der Waals surface area contributed by atoms with Gasteiger partial charge in [-0.3, -0.25) is 9.78 Å². The van der Waals surface area contributed by atoms with Crippen LogP contribution < -0.4 is 15.5 Å². The Morgan fingerprint density at radius 1 is 1.25 bits per heavy atom. The third-order valence-corrected chi connectivity index (χ3v) is 2.52. The Bertz CT molecular complexity index is 625. The third kappa shape index (κ3) is 3.31. The summed E-state index contributed by atoms with van der Waals surface area (Å²) in [5.74, 6) is -1.77. The van der Waals surface area contributed by atoms with Gasteiger partial charge in [-0.1, -0.05) is 4.68 Å². The highest BCUT2D eigenvalue weighted by atomic mass is 16.4. The van der Waals surface area contributed by atoms with Crippen LogP contribution in [0.1, 0.15) is 16.9 Å². The number of amides is 1. The van der Waals surface area contributed by atoms with Gasteiger partial charge in [0.15, 0.2) is 12.7 Å². The van der Waals surface area contributed by atoms with E-state index in [2.05, 4.69) is 15.1 Å². The maximum absolute atomic E-state index is 10.9. The van der Waals surface area contributed by atoms with Crippen molar-refractivity contribution in [3.8, 4) is 11.3 Å². The lowest BCUT2D eigenvalue weighted by Gasteiger charge is -2.00. The van der Waals surface area contributed by atoms with Crippen LogP contribution >= 0.6 is 0 Å². The predicted octanol–water partition coefficient (Wildman–Crippen LogP) is -1.93. The smallest absolute Gasteiger partial charge is 0.268 e. The minimum Gasteiger partial charge on any atom is -0.550 e. The highest BCUT2D eigenvalue weighted by Gasteiger charge is 2.08. The first-order valence-corrected chi connectivity index (χ1v) is 5.74. The van der Waals surface area contributed by atoms with Crippen LogP contribution in [-0.2, 0) is 11.3 Å². The molecular weight excluding hydrogens is 262 g/mol. The number of primary amides is 1. The van der Waals surface area contributed by atoms with Gasteiger partial charge in [-0.15, -0.1) is 0 Å². The standard InChI is InChI=1S/C12H11N5O3/c13-12(20)10-7-14-9(6-15-10)8-1-3-17(16-5-8)4-2-11(18)19/h1,3,5-7H,2,4H2,(H2-,13,18,19,20). The van der Waals surface area contributed by atoms with Crippen LogP contribution in [-0.4, -0.2) is 26.9 Å². The molecule has 8 heteroatoms. The number of aromatic nitrogens is 4. The van der Waals surface area contributed by atoms with Crippen LogP contribution in [0, 0.1) is 0 Å². The van der Waals surface area contributed by atoms with Crippen molar-refractivity contribution in [2.45, 2.75) is 13.0 Å². The van der Waals surface area contributed by atoms with Gasteiger partial charge in [-0.05, 0) is 5.10 Å². The van der Waals surface area contributed by atoms with E-state index in [-0.39, 0.29) is 18.7 Å². The number of aliphatic carboxylic acids is 1. The number of hydrogen-bond donors (Lipinski definition) is 1. The zero-order valence-corrected chi connectivity index (χ0v) is 10.4. The normalized spacial score (nSPS) is 10.2. The van der Waals surface area contributed by atoms with Crippen molar-refractivity contribution in [2.24, 2.45) is 5.73 Å². The molecule has 0 aliphatic heterocycles. The average molecular weight is 273 g/mol. The Morgan fingerprint density at radius 2 is 2.05 bits per heavy atom. The molecule has 1 amide bonds. The summed E-state index contributed by atoms with van der Waals surface area (Å²) < 4.78 is 1.48. The SMILES string of the molecule is NC(=O)c1cnc(-c2cc[n+](CCC(=O)[O-])nc2)cn1. The van der Waals surface area contributed by atoms with Crippen LogP contribution in [0.4, 0.5) is 0 Å². The Morgan fingerprint density at radius 3 is 2.55 bits per heavy atom. The summed E-state index contributed by atoms with van der Waals surface area (Å²) in [5, 5.41) is 14.4. The van der Waals surface area contributed by atoms with Crippen molar-refractivity contribution >= 4 is 11.9 Å². The van der Waals surface area contributed by atoms with Gasteiger partial charge < -0.3 is 15.6 Å². The molecule has 0 atom stereocenters. The van der Waals surface area contributed by atoms with E-state index in [1.165, 1.54) is 23.3 Å². The number of aryl methyl sites for hydroxylation is 1. The summed E-state index contributed by atoms with van der Waals surface area (Å²) in [4.78, 5) is 29.1. The van der Waals surface area contributed by atoms with Crippen molar-refractivity contribution in [3.05, 3.63) is 36.5 Å². The van der Waals surface area contributed by atoms with E-state index >= 15 is 0 Å². The Balaban J connectivity index is 2.13. The molecule has 2 aromatic rings. The molecule has 2 heterocycles. The van der Waals surface area contributed by atoms with Gasteiger partial charge in [0.05, 0.1) is 18.1 Å². The molecule has 0 spiro atoms. The predicted molar refractivity (Wildman–Crippen MR) is 63.6 cm³/mol. The average Bonchev–Trinajstić information content (AvgIpc) is 2.46. The number of carboxylic acids is 1. The lowest BCUT2D eigenvalue weighted by atomic mass is 10.2. The molecule has 2 N–H and O–H groups in total. The van der Waals surface area contributed by atoms with Crippen molar-refractivity contribution in [3.63, 3.8) is 0 Å². The lowest BCUT2D eigenvalue weighted by molar-refractivity contribution is -0.753. The summed E-state index contributed by atoms with van der Waals surface area (Å²) in [6.45, 7) is 0.231. The minimum atomic E-state index is -1.13. The van der Waals surface area contributed by atoms with Crippen LogP contribution in [0.2, 0.25) is 0 Å². The minimum absolute atomic E-state index is 0.0849. The van der Waals surface area contributed by atoms with E-state index in [9.17, 15) is 14.7 Å². The van der Waals surface area contributed by atoms with Gasteiger partial charge in [0.25, 0.3) is 5.91 Å². The fourth-order valence-electron chi connectivity index (χ4n) is 1.48. The van der Waals surface area contributed by atoms with Crippen LogP contribution in [0.3, 0.4) is 0 Å². The fraction of sp³-hybridized carbons (Fsp3) is 0.167. The molecule has 0 saturated heterocycles. The largest absolute Gasteiger partial charge is 0.550 e. The maximum Gasteiger partial charge on any atom is 0.268 e. The number of carbonyl (C=O) groups is 2. The molecule has 2 aromatic heterocycles. The summed E-state index contributed by atoms with van der Waals surface area (Å²) in [6.07, 6.45) is 5.76. The van der Waals surface area contributed by atoms with Gasteiger partial charge in [-0.2, -0.15) is 0 Å². The molecule has 0 bridgehead atoms. The zero-order chi connectivity index (χ0) is 14.5. The van der Waals surface area contributed by atoms with Crippen molar-refractivity contribution in [1.82, 2.24) is 15.1 Å². The number of carboxylic acid groups (broad SMARTS) is 1. The van der Waals surface area contributed by atoms with Gasteiger partial charge in [0, 0.05) is 24.0 Å². The molecular formula is C12H11N5O3. The van der Waals surface area contributed by atoms with Crippen LogP contribution in [0.5, 0.6) is 0 Å². The van der Waals surface area contributed by atoms with E-state index in [0.29, 0.717) is 11.3 Å². The molecule has 8 nitrogen and oxygen atoms in total. The summed E-state index contributed by atoms with van der Waals surface area (Å²) in [6, 6.07) is 1.72. The van der Waals surface area contributed by atoms with E-state index in [4.69, 9.17) is 5.73 Å². The second kappa shape index (κ2) is 5.83. The van der Waals surface area contributed by atoms with Gasteiger partial charge >= 0.3 is 0 Å². The molecule has 0 unspecified atom stereocenters. The van der Waals surface area contributed by atoms with Gasteiger partial charge in [0.1, 0.15) is 11.9 Å². The highest BCUT2D eigenvalue weighted by molar-refractivity contribution is 5.90. The topological polar surface area (TPSA) is 126 Å². The van der Waals surface area contributed by atoms with Crippen LogP contribution in [0.25, 0.3) is 11.3 Å². The fourth-order valence-corrected chi connectivity index (χ4v) is 1.48. The van der Waals surface area contributed by atoms with Crippen molar-refractivity contribution < 1.29 is 19.4 Å². The first-order valence-electron chi connectivity index (χ1n) is 5.74. The number of nitrogens with zero attached hydrogens (tertiary/aromatic N) is 4.